The normalized spacial score (nSPS) is 17.0. The Labute approximate surface area is 138 Å². The number of benzene rings is 1. The van der Waals surface area contributed by atoms with Gasteiger partial charge < -0.3 is 20.1 Å². The van der Waals surface area contributed by atoms with Crippen molar-refractivity contribution in [3.05, 3.63) is 29.3 Å². The summed E-state index contributed by atoms with van der Waals surface area (Å²) in [6.45, 7) is 8.27. The average molecular weight is 320 g/mol. The number of likely N-dealkylation sites (tertiary alicyclic amines) is 1. The summed E-state index contributed by atoms with van der Waals surface area (Å²) in [5.41, 5.74) is 2.34. The minimum atomic E-state index is -0.286. The van der Waals surface area contributed by atoms with Gasteiger partial charge in [-0.2, -0.15) is 0 Å². The number of hydrogen-bond acceptors (Lipinski definition) is 3. The molecule has 0 radical (unpaired) electrons. The molecule has 0 bridgehead atoms. The maximum absolute atomic E-state index is 12.1. The minimum Gasteiger partial charge on any atom is -0.492 e. The van der Waals surface area contributed by atoms with E-state index in [1.54, 1.807) is 0 Å². The lowest BCUT2D eigenvalue weighted by Gasteiger charge is -2.33. The molecule has 1 aliphatic heterocycles. The molecule has 2 N–H and O–H groups in total. The van der Waals surface area contributed by atoms with E-state index in [1.165, 1.54) is 11.1 Å². The van der Waals surface area contributed by atoms with Gasteiger partial charge in [0, 0.05) is 13.1 Å². The average Bonchev–Trinajstić information content (AvgIpc) is 2.50. The first-order valence-corrected chi connectivity index (χ1v) is 8.37. The van der Waals surface area contributed by atoms with E-state index in [0.29, 0.717) is 32.2 Å². The maximum atomic E-state index is 12.1. The summed E-state index contributed by atoms with van der Waals surface area (Å²) < 4.78 is 5.69. The second-order valence-corrected chi connectivity index (χ2v) is 6.47. The van der Waals surface area contributed by atoms with Crippen molar-refractivity contribution in [2.24, 2.45) is 5.92 Å². The number of ether oxygens (including phenoxy) is 1. The van der Waals surface area contributed by atoms with E-state index in [-0.39, 0.29) is 12.1 Å². The molecule has 1 heterocycles. The number of amides is 2. The first kappa shape index (κ1) is 17.6. The van der Waals surface area contributed by atoms with Crippen molar-refractivity contribution in [3.8, 4) is 5.75 Å². The van der Waals surface area contributed by atoms with Crippen molar-refractivity contribution in [1.29, 1.82) is 0 Å². The monoisotopic (exact) mass is 320 g/mol. The highest BCUT2D eigenvalue weighted by Gasteiger charge is 2.25. The Morgan fingerprint density at radius 3 is 2.48 bits per heavy atom. The molecule has 1 aromatic rings. The molecule has 128 valence electrons. The molecule has 2 amide bonds. The van der Waals surface area contributed by atoms with Crippen LogP contribution in [0.1, 0.15) is 30.9 Å². The predicted molar refractivity (Wildman–Crippen MR) is 90.8 cm³/mol. The minimum absolute atomic E-state index is 0.0435. The van der Waals surface area contributed by atoms with Crippen molar-refractivity contribution in [3.63, 3.8) is 0 Å². The third-order valence-electron chi connectivity index (χ3n) is 4.35. The van der Waals surface area contributed by atoms with Crippen LogP contribution in [0, 0.1) is 19.8 Å². The highest BCUT2D eigenvalue weighted by Crippen LogP contribution is 2.20. The van der Waals surface area contributed by atoms with Gasteiger partial charge in [0.2, 0.25) is 0 Å². The zero-order chi connectivity index (χ0) is 16.8. The molecule has 2 rings (SSSR count). The van der Waals surface area contributed by atoms with Gasteiger partial charge in [-0.15, -0.1) is 0 Å². The lowest BCUT2D eigenvalue weighted by Crippen LogP contribution is -2.46. The first-order chi connectivity index (χ1) is 11.0. The van der Waals surface area contributed by atoms with Gasteiger partial charge in [0.05, 0.1) is 12.6 Å². The Balaban J connectivity index is 1.67. The summed E-state index contributed by atoms with van der Waals surface area (Å²) in [7, 11) is 0. The molecule has 0 aromatic heterocycles. The molecule has 5 nitrogen and oxygen atoms in total. The van der Waals surface area contributed by atoms with Gasteiger partial charge >= 0.3 is 6.03 Å². The molecule has 23 heavy (non-hydrogen) atoms. The largest absolute Gasteiger partial charge is 0.492 e. The van der Waals surface area contributed by atoms with Crippen LogP contribution >= 0.6 is 0 Å². The molecular weight excluding hydrogens is 292 g/mol. The fraction of sp³-hybridized carbons (Fsp3) is 0.611. The molecule has 5 heteroatoms. The Bertz CT molecular complexity index is 503. The summed E-state index contributed by atoms with van der Waals surface area (Å²) in [4.78, 5) is 13.9. The SMILES string of the molecule is Cc1cc(C)cc(OCCNC(=O)N2CCC(C(C)O)CC2)c1. The van der Waals surface area contributed by atoms with E-state index >= 15 is 0 Å². The van der Waals surface area contributed by atoms with E-state index in [1.807, 2.05) is 37.8 Å². The zero-order valence-electron chi connectivity index (χ0n) is 14.3. The summed E-state index contributed by atoms with van der Waals surface area (Å²) in [5.74, 6) is 1.15. The van der Waals surface area contributed by atoms with E-state index in [2.05, 4.69) is 11.4 Å². The van der Waals surface area contributed by atoms with Gasteiger partial charge in [0.1, 0.15) is 12.4 Å². The molecule has 1 atom stereocenters. The van der Waals surface area contributed by atoms with Gasteiger partial charge in [-0.1, -0.05) is 6.07 Å². The van der Waals surface area contributed by atoms with Crippen molar-refractivity contribution in [2.75, 3.05) is 26.2 Å². The first-order valence-electron chi connectivity index (χ1n) is 8.37. The molecule has 0 spiro atoms. The Morgan fingerprint density at radius 1 is 1.30 bits per heavy atom. The molecule has 0 saturated carbocycles. The van der Waals surface area contributed by atoms with Gasteiger partial charge in [-0.3, -0.25) is 0 Å². The Hall–Kier alpha value is -1.75. The second-order valence-electron chi connectivity index (χ2n) is 6.47. The molecule has 1 aromatic carbocycles. The summed E-state index contributed by atoms with van der Waals surface area (Å²) in [6.07, 6.45) is 1.44. The molecule has 1 aliphatic rings. The van der Waals surface area contributed by atoms with E-state index < -0.39 is 0 Å². The summed E-state index contributed by atoms with van der Waals surface area (Å²) >= 11 is 0. The predicted octanol–water partition coefficient (Wildman–Crippen LogP) is 2.48. The van der Waals surface area contributed by atoms with Crippen LogP contribution in [0.5, 0.6) is 5.75 Å². The number of carbonyl (C=O) groups excluding carboxylic acids is 1. The van der Waals surface area contributed by atoms with Crippen molar-refractivity contribution < 1.29 is 14.6 Å². The van der Waals surface area contributed by atoms with E-state index in [4.69, 9.17) is 4.74 Å². The summed E-state index contributed by atoms with van der Waals surface area (Å²) in [5, 5.41) is 12.5. The third-order valence-corrected chi connectivity index (χ3v) is 4.35. The molecule has 1 fully saturated rings. The van der Waals surface area contributed by atoms with Crippen LogP contribution in [0.15, 0.2) is 18.2 Å². The number of aliphatic hydroxyl groups is 1. The van der Waals surface area contributed by atoms with Crippen LogP contribution in [-0.2, 0) is 0 Å². The Kier molecular flexibility index (Phi) is 6.28. The van der Waals surface area contributed by atoms with Crippen molar-refractivity contribution >= 4 is 6.03 Å². The lowest BCUT2D eigenvalue weighted by atomic mass is 9.92. The third kappa shape index (κ3) is 5.43. The van der Waals surface area contributed by atoms with Crippen molar-refractivity contribution in [1.82, 2.24) is 10.2 Å². The number of aliphatic hydroxyl groups excluding tert-OH is 1. The fourth-order valence-electron chi connectivity index (χ4n) is 3.04. The number of nitrogens with zero attached hydrogens (tertiary/aromatic N) is 1. The number of nitrogens with one attached hydrogen (secondary N) is 1. The standard InChI is InChI=1S/C18H28N2O3/c1-13-10-14(2)12-17(11-13)23-9-6-19-18(22)20-7-4-16(5-8-20)15(3)21/h10-12,15-16,21H,4-9H2,1-3H3,(H,19,22). The Morgan fingerprint density at radius 2 is 1.91 bits per heavy atom. The molecular formula is C18H28N2O3. The molecule has 1 saturated heterocycles. The summed E-state index contributed by atoms with van der Waals surface area (Å²) in [6, 6.07) is 6.05. The van der Waals surface area contributed by atoms with Crippen LogP contribution < -0.4 is 10.1 Å². The lowest BCUT2D eigenvalue weighted by molar-refractivity contribution is 0.0797. The number of piperidine rings is 1. The van der Waals surface area contributed by atoms with Gasteiger partial charge in [0.15, 0.2) is 0 Å². The van der Waals surface area contributed by atoms with Crippen LogP contribution in [0.3, 0.4) is 0 Å². The zero-order valence-corrected chi connectivity index (χ0v) is 14.3. The molecule has 0 aliphatic carbocycles. The van der Waals surface area contributed by atoms with Gasteiger partial charge in [0.25, 0.3) is 0 Å². The number of aryl methyl sites for hydroxylation is 2. The number of rotatable bonds is 5. The topological polar surface area (TPSA) is 61.8 Å². The number of hydrogen-bond donors (Lipinski definition) is 2. The maximum Gasteiger partial charge on any atom is 0.317 e. The number of carbonyl (C=O) groups is 1. The smallest absolute Gasteiger partial charge is 0.317 e. The highest BCUT2D eigenvalue weighted by atomic mass is 16.5. The van der Waals surface area contributed by atoms with Crippen molar-refractivity contribution in [2.45, 2.75) is 39.7 Å². The fourth-order valence-corrected chi connectivity index (χ4v) is 3.04. The highest BCUT2D eigenvalue weighted by molar-refractivity contribution is 5.74. The van der Waals surface area contributed by atoms with Crippen LogP contribution in [0.2, 0.25) is 0 Å². The quantitative estimate of drug-likeness (QED) is 0.819. The van der Waals surface area contributed by atoms with E-state index in [9.17, 15) is 9.90 Å². The van der Waals surface area contributed by atoms with Crippen LogP contribution in [0.4, 0.5) is 4.79 Å². The second kappa shape index (κ2) is 8.20. The molecule has 1 unspecified atom stereocenters. The van der Waals surface area contributed by atoms with E-state index in [0.717, 1.165) is 18.6 Å². The van der Waals surface area contributed by atoms with Crippen LogP contribution in [-0.4, -0.2) is 48.4 Å². The number of urea groups is 1. The van der Waals surface area contributed by atoms with Crippen LogP contribution in [0.25, 0.3) is 0 Å². The van der Waals surface area contributed by atoms with Gasteiger partial charge in [-0.25, -0.2) is 4.79 Å². The van der Waals surface area contributed by atoms with Gasteiger partial charge in [-0.05, 0) is 62.8 Å².